The molecule has 0 bridgehead atoms. The Morgan fingerprint density at radius 3 is 3.20 bits per heavy atom. The molecule has 1 aromatic carbocycles. The fourth-order valence-electron chi connectivity index (χ4n) is 1.87. The zero-order valence-electron chi connectivity index (χ0n) is 8.42. The Morgan fingerprint density at radius 1 is 1.67 bits per heavy atom. The predicted molar refractivity (Wildman–Crippen MR) is 62.0 cm³/mol. The summed E-state index contributed by atoms with van der Waals surface area (Å²) in [7, 11) is 1.42. The van der Waals surface area contributed by atoms with Crippen LogP contribution in [0.4, 0.5) is 5.69 Å². The fourth-order valence-corrected chi connectivity index (χ4v) is 2.39. The first-order valence-corrected chi connectivity index (χ1v) is 5.60. The van der Waals surface area contributed by atoms with Crippen molar-refractivity contribution in [1.82, 2.24) is 0 Å². The van der Waals surface area contributed by atoms with Crippen LogP contribution in [0.3, 0.4) is 0 Å². The van der Waals surface area contributed by atoms with Crippen LogP contribution in [0.5, 0.6) is 0 Å². The molecule has 2 rings (SSSR count). The van der Waals surface area contributed by atoms with Crippen molar-refractivity contribution in [3.05, 3.63) is 28.2 Å². The van der Waals surface area contributed by atoms with Gasteiger partial charge in [0.2, 0.25) is 0 Å². The van der Waals surface area contributed by atoms with Crippen LogP contribution in [-0.2, 0) is 9.53 Å². The van der Waals surface area contributed by atoms with E-state index in [1.165, 1.54) is 12.7 Å². The Bertz CT molecular complexity index is 392. The van der Waals surface area contributed by atoms with Gasteiger partial charge >= 0.3 is 5.97 Å². The van der Waals surface area contributed by atoms with Crippen molar-refractivity contribution < 1.29 is 9.53 Å². The van der Waals surface area contributed by atoms with Gasteiger partial charge in [0, 0.05) is 16.9 Å². The van der Waals surface area contributed by atoms with Crippen molar-refractivity contribution in [1.29, 1.82) is 0 Å². The Kier molecular flexibility index (Phi) is 2.95. The molecule has 1 heterocycles. The molecule has 1 aromatic rings. The van der Waals surface area contributed by atoms with Gasteiger partial charge in [-0.1, -0.05) is 12.1 Å². The van der Waals surface area contributed by atoms with Crippen LogP contribution in [0.2, 0.25) is 0 Å². The van der Waals surface area contributed by atoms with Gasteiger partial charge in [0.05, 0.1) is 19.2 Å². The van der Waals surface area contributed by atoms with Crippen molar-refractivity contribution in [2.75, 3.05) is 19.0 Å². The topological polar surface area (TPSA) is 38.3 Å². The highest BCUT2D eigenvalue weighted by molar-refractivity contribution is 9.10. The van der Waals surface area contributed by atoms with Crippen LogP contribution in [0.25, 0.3) is 0 Å². The average Bonchev–Trinajstić information content (AvgIpc) is 2.63. The molecule has 1 N–H and O–H groups in total. The third-order valence-electron chi connectivity index (χ3n) is 2.65. The van der Waals surface area contributed by atoms with E-state index in [2.05, 4.69) is 26.0 Å². The molecule has 0 fully saturated rings. The molecular formula is C11H12BrNO2. The second kappa shape index (κ2) is 4.23. The molecule has 0 amide bonds. The molecule has 0 radical (unpaired) electrons. The largest absolute Gasteiger partial charge is 0.469 e. The minimum Gasteiger partial charge on any atom is -0.469 e. The highest BCUT2D eigenvalue weighted by Gasteiger charge is 2.25. The van der Waals surface area contributed by atoms with Gasteiger partial charge in [-0.3, -0.25) is 4.79 Å². The summed E-state index contributed by atoms with van der Waals surface area (Å²) in [6, 6.07) is 6.03. The summed E-state index contributed by atoms with van der Waals surface area (Å²) in [5.74, 6) is 0.0691. The van der Waals surface area contributed by atoms with Gasteiger partial charge in [0.25, 0.3) is 0 Å². The molecular weight excluding hydrogens is 258 g/mol. The van der Waals surface area contributed by atoms with E-state index in [0.717, 1.165) is 16.7 Å². The highest BCUT2D eigenvalue weighted by Crippen LogP contribution is 2.38. The maximum absolute atomic E-state index is 11.2. The van der Waals surface area contributed by atoms with Gasteiger partial charge in [-0.15, -0.1) is 0 Å². The number of ether oxygens (including phenoxy) is 1. The first kappa shape index (κ1) is 10.5. The fraction of sp³-hybridized carbons (Fsp3) is 0.364. The SMILES string of the molecule is COC(=O)CC1CNc2c(Br)cccc21. The Balaban J connectivity index is 2.21. The quantitative estimate of drug-likeness (QED) is 0.839. The summed E-state index contributed by atoms with van der Waals surface area (Å²) in [6.07, 6.45) is 0.437. The molecule has 1 aliphatic heterocycles. The number of rotatable bonds is 2. The van der Waals surface area contributed by atoms with E-state index < -0.39 is 0 Å². The van der Waals surface area contributed by atoms with Gasteiger partial charge in [0.15, 0.2) is 0 Å². The normalized spacial score (nSPS) is 18.1. The summed E-state index contributed by atoms with van der Waals surface area (Å²) in [4.78, 5) is 11.2. The van der Waals surface area contributed by atoms with Crippen LogP contribution in [0, 0.1) is 0 Å². The second-order valence-electron chi connectivity index (χ2n) is 3.56. The van der Waals surface area contributed by atoms with Crippen LogP contribution in [-0.4, -0.2) is 19.6 Å². The lowest BCUT2D eigenvalue weighted by Gasteiger charge is -2.08. The van der Waals surface area contributed by atoms with E-state index >= 15 is 0 Å². The van der Waals surface area contributed by atoms with Gasteiger partial charge in [-0.05, 0) is 27.6 Å². The smallest absolute Gasteiger partial charge is 0.306 e. The van der Waals surface area contributed by atoms with Crippen molar-refractivity contribution in [2.24, 2.45) is 0 Å². The van der Waals surface area contributed by atoms with Crippen LogP contribution < -0.4 is 5.32 Å². The maximum Gasteiger partial charge on any atom is 0.306 e. The summed E-state index contributed by atoms with van der Waals surface area (Å²) >= 11 is 3.48. The summed E-state index contributed by atoms with van der Waals surface area (Å²) in [5, 5.41) is 3.29. The number of esters is 1. The van der Waals surface area contributed by atoms with Crippen molar-refractivity contribution in [2.45, 2.75) is 12.3 Å². The lowest BCUT2D eigenvalue weighted by atomic mass is 9.98. The first-order chi connectivity index (χ1) is 7.22. The van der Waals surface area contributed by atoms with Crippen LogP contribution >= 0.6 is 15.9 Å². The van der Waals surface area contributed by atoms with Crippen molar-refractivity contribution in [3.63, 3.8) is 0 Å². The Hall–Kier alpha value is -1.03. The number of hydrogen-bond donors (Lipinski definition) is 1. The Morgan fingerprint density at radius 2 is 2.47 bits per heavy atom. The zero-order valence-corrected chi connectivity index (χ0v) is 10.0. The standard InChI is InChI=1S/C11H12BrNO2/c1-15-10(14)5-7-6-13-11-8(7)3-2-4-9(11)12/h2-4,7,13H,5-6H2,1H3. The second-order valence-corrected chi connectivity index (χ2v) is 4.42. The van der Waals surface area contributed by atoms with E-state index in [1.54, 1.807) is 0 Å². The molecule has 4 heteroatoms. The lowest BCUT2D eigenvalue weighted by molar-refractivity contribution is -0.140. The summed E-state index contributed by atoms with van der Waals surface area (Å²) in [5.41, 5.74) is 2.29. The van der Waals surface area contributed by atoms with E-state index in [0.29, 0.717) is 6.42 Å². The van der Waals surface area contributed by atoms with Gasteiger partial charge in [-0.25, -0.2) is 0 Å². The third kappa shape index (κ3) is 2.00. The lowest BCUT2D eigenvalue weighted by Crippen LogP contribution is -2.10. The highest BCUT2D eigenvalue weighted by atomic mass is 79.9. The first-order valence-electron chi connectivity index (χ1n) is 4.81. The predicted octanol–water partition coefficient (Wildman–Crippen LogP) is 2.52. The molecule has 0 saturated heterocycles. The molecule has 1 atom stereocenters. The van der Waals surface area contributed by atoms with Crippen LogP contribution in [0.1, 0.15) is 17.9 Å². The summed E-state index contributed by atoms with van der Waals surface area (Å²) in [6.45, 7) is 0.799. The number of halogens is 1. The van der Waals surface area contributed by atoms with Crippen molar-refractivity contribution >= 4 is 27.6 Å². The molecule has 15 heavy (non-hydrogen) atoms. The number of carbonyl (C=O) groups is 1. The number of carbonyl (C=O) groups excluding carboxylic acids is 1. The minimum atomic E-state index is -0.158. The van der Waals surface area contributed by atoms with E-state index in [9.17, 15) is 4.79 Å². The minimum absolute atomic E-state index is 0.158. The molecule has 80 valence electrons. The van der Waals surface area contributed by atoms with Gasteiger partial charge in [-0.2, -0.15) is 0 Å². The molecule has 1 aliphatic rings. The number of anilines is 1. The van der Waals surface area contributed by atoms with Crippen LogP contribution in [0.15, 0.2) is 22.7 Å². The number of hydrogen-bond acceptors (Lipinski definition) is 3. The number of methoxy groups -OCH3 is 1. The number of fused-ring (bicyclic) bond motifs is 1. The van der Waals surface area contributed by atoms with E-state index in [-0.39, 0.29) is 11.9 Å². The average molecular weight is 270 g/mol. The number of para-hydroxylation sites is 1. The summed E-state index contributed by atoms with van der Waals surface area (Å²) < 4.78 is 5.73. The molecule has 3 nitrogen and oxygen atoms in total. The third-order valence-corrected chi connectivity index (χ3v) is 3.31. The molecule has 0 aromatic heterocycles. The Labute approximate surface area is 96.9 Å². The van der Waals surface area contributed by atoms with Gasteiger partial charge < -0.3 is 10.1 Å². The molecule has 0 saturated carbocycles. The number of benzene rings is 1. The molecule has 0 aliphatic carbocycles. The molecule has 1 unspecified atom stereocenters. The van der Waals surface area contributed by atoms with Crippen molar-refractivity contribution in [3.8, 4) is 0 Å². The van der Waals surface area contributed by atoms with E-state index in [4.69, 9.17) is 0 Å². The monoisotopic (exact) mass is 269 g/mol. The van der Waals surface area contributed by atoms with E-state index in [1.807, 2.05) is 18.2 Å². The number of nitrogens with one attached hydrogen (secondary N) is 1. The molecule has 0 spiro atoms. The maximum atomic E-state index is 11.2. The zero-order chi connectivity index (χ0) is 10.8. The van der Waals surface area contributed by atoms with Gasteiger partial charge in [0.1, 0.15) is 0 Å².